The maximum absolute atomic E-state index is 13.2. The Morgan fingerprint density at radius 3 is 2.28 bits per heavy atom. The molecule has 1 saturated heterocycles. The first-order chi connectivity index (χ1) is 18.5. The molecule has 3 fully saturated rings. The molecule has 7 heteroatoms. The van der Waals surface area contributed by atoms with E-state index < -0.39 is 12.0 Å². The third-order valence-corrected chi connectivity index (χ3v) is 6.19. The first-order valence-electron chi connectivity index (χ1n) is 12.7. The molecule has 3 aliphatic rings. The van der Waals surface area contributed by atoms with Gasteiger partial charge in [-0.25, -0.2) is 0 Å². The Hall–Kier alpha value is -2.81. The monoisotopic (exact) mass is 562 g/mol. The average molecular weight is 562 g/mol. The van der Waals surface area contributed by atoms with Gasteiger partial charge in [-0.1, -0.05) is 24.0 Å². The number of likely N-dealkylation sites (tertiary alicyclic amines) is 1. The van der Waals surface area contributed by atoms with Crippen LogP contribution in [0, 0.1) is 75.5 Å². The Morgan fingerprint density at radius 1 is 0.923 bits per heavy atom. The standard InChI is InChI=1S/C27H25N2O4.C5H5.Fe/c1-2-33-25(30)18-28-26(31)24-8-5-15-29(24)27(32)23-14-13-21-16-20(11-12-22(21)17-23)10-9-19-6-3-4-7-19;1-2-4-5-3-1;/h3-4,6-7,11-14,16-17,24H,2,5,8,15,18H2,1H3,(H,28,31);1-5H;/q;;+2/t24-;;/m0../s1. The van der Waals surface area contributed by atoms with Crippen molar-refractivity contribution in [3.8, 4) is 11.8 Å². The molecule has 2 amide bonds. The van der Waals surface area contributed by atoms with Crippen LogP contribution in [0.1, 0.15) is 35.7 Å². The summed E-state index contributed by atoms with van der Waals surface area (Å²) < 4.78 is 4.84. The number of hydrogen-bond acceptors (Lipinski definition) is 4. The van der Waals surface area contributed by atoms with Crippen LogP contribution < -0.4 is 5.32 Å². The summed E-state index contributed by atoms with van der Waals surface area (Å²) in [5.74, 6) is 6.26. The second-order valence-corrected chi connectivity index (χ2v) is 8.84. The van der Waals surface area contributed by atoms with Gasteiger partial charge in [0.15, 0.2) is 0 Å². The number of amides is 2. The molecule has 2 aromatic carbocycles. The zero-order valence-corrected chi connectivity index (χ0v) is 22.8. The van der Waals surface area contributed by atoms with Crippen molar-refractivity contribution in [2.45, 2.75) is 25.8 Å². The van der Waals surface area contributed by atoms with E-state index in [1.165, 1.54) is 0 Å². The Labute approximate surface area is 243 Å². The Bertz CT molecular complexity index is 1180. The van der Waals surface area contributed by atoms with Crippen molar-refractivity contribution in [1.82, 2.24) is 10.2 Å². The smallest absolute Gasteiger partial charge is 0.465 e. The molecular formula is C32H30FeN2O4+2. The summed E-state index contributed by atoms with van der Waals surface area (Å²) >= 11 is 0. The molecule has 2 aromatic rings. The molecule has 198 valence electrons. The third-order valence-electron chi connectivity index (χ3n) is 6.19. The average Bonchev–Trinajstić information content (AvgIpc) is 3.74. The van der Waals surface area contributed by atoms with Crippen LogP contribution in [-0.2, 0) is 31.4 Å². The molecule has 6 nitrogen and oxygen atoms in total. The van der Waals surface area contributed by atoms with Gasteiger partial charge in [0.1, 0.15) is 12.6 Å². The predicted molar refractivity (Wildman–Crippen MR) is 146 cm³/mol. The van der Waals surface area contributed by atoms with Crippen molar-refractivity contribution in [1.29, 1.82) is 0 Å². The molecule has 10 radical (unpaired) electrons. The molecular weight excluding hydrogens is 532 g/mol. The number of carbonyl (C=O) groups is 3. The number of nitrogens with one attached hydrogen (secondary N) is 1. The number of benzene rings is 2. The minimum atomic E-state index is -0.587. The molecule has 0 spiro atoms. The van der Waals surface area contributed by atoms with Gasteiger partial charge >= 0.3 is 23.0 Å². The van der Waals surface area contributed by atoms with Gasteiger partial charge in [0.25, 0.3) is 5.91 Å². The second-order valence-electron chi connectivity index (χ2n) is 8.84. The second kappa shape index (κ2) is 15.7. The Morgan fingerprint density at radius 2 is 1.59 bits per heavy atom. The van der Waals surface area contributed by atoms with E-state index in [2.05, 4.69) is 17.2 Å². The molecule has 1 N–H and O–H groups in total. The van der Waals surface area contributed by atoms with Gasteiger partial charge < -0.3 is 15.0 Å². The van der Waals surface area contributed by atoms with Crippen LogP contribution in [0.25, 0.3) is 10.8 Å². The predicted octanol–water partition coefficient (Wildman–Crippen LogP) is 3.90. The summed E-state index contributed by atoms with van der Waals surface area (Å²) in [6.07, 6.45) is 19.2. The molecule has 0 aromatic heterocycles. The van der Waals surface area contributed by atoms with Crippen molar-refractivity contribution in [2.24, 2.45) is 0 Å². The summed E-state index contributed by atoms with van der Waals surface area (Å²) in [7, 11) is 0. The van der Waals surface area contributed by atoms with Gasteiger partial charge in [-0.3, -0.25) is 14.4 Å². The fraction of sp³-hybridized carbons (Fsp3) is 0.219. The summed E-state index contributed by atoms with van der Waals surface area (Å²) in [5, 5.41) is 4.51. The van der Waals surface area contributed by atoms with Crippen molar-refractivity contribution in [3.05, 3.63) is 111 Å². The van der Waals surface area contributed by atoms with Crippen molar-refractivity contribution in [3.63, 3.8) is 0 Å². The van der Waals surface area contributed by atoms with Gasteiger partial charge in [-0.05, 0) is 113 Å². The normalized spacial score (nSPS) is 18.4. The van der Waals surface area contributed by atoms with E-state index in [1.54, 1.807) is 17.9 Å². The molecule has 0 unspecified atom stereocenters. The summed E-state index contributed by atoms with van der Waals surface area (Å²) in [6.45, 7) is 2.27. The molecule has 2 aliphatic carbocycles. The number of hydrogen-bond donors (Lipinski definition) is 1. The third kappa shape index (κ3) is 8.85. The first kappa shape index (κ1) is 30.7. The van der Waals surface area contributed by atoms with Gasteiger partial charge in [0, 0.05) is 17.7 Å². The first-order valence-corrected chi connectivity index (χ1v) is 12.7. The molecule has 39 heavy (non-hydrogen) atoms. The Kier molecular flexibility index (Phi) is 12.4. The van der Waals surface area contributed by atoms with E-state index in [0.29, 0.717) is 18.5 Å². The summed E-state index contributed by atoms with van der Waals surface area (Å²) in [6, 6.07) is 10.8. The van der Waals surface area contributed by atoms with E-state index >= 15 is 0 Å². The largest absolute Gasteiger partial charge is 2.00 e. The van der Waals surface area contributed by atoms with Crippen LogP contribution in [0.5, 0.6) is 0 Å². The van der Waals surface area contributed by atoms with Gasteiger partial charge in [-0.2, -0.15) is 0 Å². The van der Waals surface area contributed by atoms with Gasteiger partial charge in [-0.15, -0.1) is 0 Å². The SMILES string of the molecule is CCOC(=O)CNC(=O)[C@@H]1CCCN1C(=O)c1ccc2cc(C#C[C]3[CH][CH][CH][CH]3)ccc2c1.[CH]1[CH][CH][CH][CH]1.[Fe+2]. The molecule has 2 saturated carbocycles. The maximum atomic E-state index is 13.2. The van der Waals surface area contributed by atoms with E-state index in [0.717, 1.165) is 28.7 Å². The number of fused-ring (bicyclic) bond motifs is 1. The van der Waals surface area contributed by atoms with E-state index in [1.807, 2.05) is 88.1 Å². The molecule has 1 atom stereocenters. The topological polar surface area (TPSA) is 75.7 Å². The van der Waals surface area contributed by atoms with Gasteiger partial charge in [0.05, 0.1) is 12.5 Å². The molecule has 5 rings (SSSR count). The molecule has 1 aliphatic heterocycles. The van der Waals surface area contributed by atoms with Crippen LogP contribution in [0.3, 0.4) is 0 Å². The van der Waals surface area contributed by atoms with Crippen LogP contribution in [0.4, 0.5) is 0 Å². The van der Waals surface area contributed by atoms with Crippen molar-refractivity contribution < 1.29 is 36.2 Å². The van der Waals surface area contributed by atoms with Crippen LogP contribution in [-0.4, -0.2) is 48.4 Å². The number of nitrogens with zero attached hydrogens (tertiary/aromatic N) is 1. The van der Waals surface area contributed by atoms with Crippen molar-refractivity contribution >= 4 is 28.6 Å². The number of rotatable bonds is 5. The Balaban J connectivity index is 0.000000630. The van der Waals surface area contributed by atoms with Crippen LogP contribution in [0.15, 0.2) is 36.4 Å². The number of esters is 1. The van der Waals surface area contributed by atoms with Gasteiger partial charge in [0.2, 0.25) is 5.91 Å². The number of carbonyl (C=O) groups excluding carboxylic acids is 3. The zero-order valence-electron chi connectivity index (χ0n) is 21.7. The molecule has 0 bridgehead atoms. The minimum Gasteiger partial charge on any atom is -0.465 e. The summed E-state index contributed by atoms with van der Waals surface area (Å²) in [5.41, 5.74) is 1.43. The van der Waals surface area contributed by atoms with E-state index in [9.17, 15) is 14.4 Å². The zero-order chi connectivity index (χ0) is 26.7. The van der Waals surface area contributed by atoms with Crippen LogP contribution >= 0.6 is 0 Å². The summed E-state index contributed by atoms with van der Waals surface area (Å²) in [4.78, 5) is 38.9. The fourth-order valence-electron chi connectivity index (χ4n) is 4.32. The van der Waals surface area contributed by atoms with Crippen LogP contribution in [0.2, 0.25) is 0 Å². The number of ether oxygens (including phenoxy) is 1. The van der Waals surface area contributed by atoms with Crippen molar-refractivity contribution in [2.75, 3.05) is 19.7 Å². The fourth-order valence-corrected chi connectivity index (χ4v) is 4.32. The maximum Gasteiger partial charge on any atom is 2.00 e. The molecule has 1 heterocycles. The quantitative estimate of drug-likeness (QED) is 0.341. The van der Waals surface area contributed by atoms with E-state index in [-0.39, 0.29) is 42.0 Å². The van der Waals surface area contributed by atoms with E-state index in [4.69, 9.17) is 4.74 Å². The minimum absolute atomic E-state index is 0.